The normalized spacial score (nSPS) is 12.4. The Morgan fingerprint density at radius 1 is 1.03 bits per heavy atom. The molecule has 3 aromatic rings. The largest absolute Gasteiger partial charge is 0.299 e. The number of nitrogens with one attached hydrogen (secondary N) is 1. The molecule has 0 amide bonds. The first-order valence-corrected chi connectivity index (χ1v) is 10.6. The third kappa shape index (κ3) is 5.08. The number of ketones is 1. The number of aromatic nitrogens is 2. The quantitative estimate of drug-likeness (QED) is 0.575. The lowest BCUT2D eigenvalue weighted by Crippen LogP contribution is -2.13. The van der Waals surface area contributed by atoms with Crippen LogP contribution in [0.4, 0.5) is 5.69 Å². The second-order valence-electron chi connectivity index (χ2n) is 7.71. The molecule has 2 aromatic heterocycles. The maximum absolute atomic E-state index is 12.9. The van der Waals surface area contributed by atoms with E-state index in [0.29, 0.717) is 21.2 Å². The Balaban J connectivity index is 1.89. The zero-order valence-corrected chi connectivity index (χ0v) is 18.3. The summed E-state index contributed by atoms with van der Waals surface area (Å²) in [6, 6.07) is 12.5. The van der Waals surface area contributed by atoms with Crippen molar-refractivity contribution in [3.63, 3.8) is 0 Å². The van der Waals surface area contributed by atoms with Crippen LogP contribution in [0.3, 0.4) is 0 Å². The zero-order chi connectivity index (χ0) is 21.2. The molecule has 5 nitrogen and oxygen atoms in total. The zero-order valence-electron chi connectivity index (χ0n) is 16.7. The Labute approximate surface area is 178 Å². The van der Waals surface area contributed by atoms with E-state index in [1.807, 2.05) is 31.2 Å². The van der Waals surface area contributed by atoms with E-state index in [1.54, 1.807) is 18.2 Å². The topological polar surface area (TPSA) is 72.0 Å². The Morgan fingerprint density at radius 3 is 2.31 bits per heavy atom. The first-order valence-electron chi connectivity index (χ1n) is 9.07. The van der Waals surface area contributed by atoms with Crippen LogP contribution in [0.15, 0.2) is 59.8 Å². The van der Waals surface area contributed by atoms with Crippen molar-refractivity contribution in [3.05, 3.63) is 82.4 Å². The summed E-state index contributed by atoms with van der Waals surface area (Å²) >= 11 is 6.06. The number of pyridine rings is 2. The number of halogens is 1. The van der Waals surface area contributed by atoms with Gasteiger partial charge in [-0.15, -0.1) is 0 Å². The molecule has 0 fully saturated rings. The third-order valence-corrected chi connectivity index (χ3v) is 5.69. The minimum Gasteiger partial charge on any atom is -0.299 e. The van der Waals surface area contributed by atoms with Crippen LogP contribution in [0.1, 0.15) is 48.1 Å². The summed E-state index contributed by atoms with van der Waals surface area (Å²) in [6.07, 6.45) is 2.89. The van der Waals surface area contributed by atoms with Gasteiger partial charge in [0, 0.05) is 23.7 Å². The lowest BCUT2D eigenvalue weighted by Gasteiger charge is -2.19. The highest BCUT2D eigenvalue weighted by molar-refractivity contribution is 7.86. The van der Waals surface area contributed by atoms with Crippen molar-refractivity contribution in [2.24, 2.45) is 0 Å². The summed E-state index contributed by atoms with van der Waals surface area (Å²) in [5.41, 5.74) is 2.80. The lowest BCUT2D eigenvalue weighted by atomic mass is 9.87. The molecule has 150 valence electrons. The first kappa shape index (κ1) is 21.1. The summed E-state index contributed by atoms with van der Waals surface area (Å²) in [5.74, 6) is -0.322. The van der Waals surface area contributed by atoms with E-state index in [0.717, 1.165) is 11.3 Å². The van der Waals surface area contributed by atoms with Crippen LogP contribution in [0.25, 0.3) is 0 Å². The second-order valence-corrected chi connectivity index (χ2v) is 9.36. The summed E-state index contributed by atoms with van der Waals surface area (Å²) in [4.78, 5) is 21.8. The van der Waals surface area contributed by atoms with Crippen molar-refractivity contribution in [2.45, 2.75) is 38.0 Å². The van der Waals surface area contributed by atoms with Crippen LogP contribution in [-0.2, 0) is 16.4 Å². The van der Waals surface area contributed by atoms with E-state index in [1.165, 1.54) is 12.4 Å². The van der Waals surface area contributed by atoms with Gasteiger partial charge in [0.15, 0.2) is 0 Å². The molecule has 0 bridgehead atoms. The highest BCUT2D eigenvalue weighted by Gasteiger charge is 2.19. The fourth-order valence-corrected chi connectivity index (χ4v) is 3.69. The van der Waals surface area contributed by atoms with E-state index in [4.69, 9.17) is 11.6 Å². The highest BCUT2D eigenvalue weighted by Crippen LogP contribution is 2.25. The lowest BCUT2D eigenvalue weighted by molar-refractivity contribution is 0.103. The summed E-state index contributed by atoms with van der Waals surface area (Å²) in [6.45, 7) is 8.20. The van der Waals surface area contributed by atoms with Gasteiger partial charge in [0.1, 0.15) is 16.7 Å². The molecule has 0 radical (unpaired) electrons. The van der Waals surface area contributed by atoms with Gasteiger partial charge in [-0.2, -0.15) is 0 Å². The standard InChI is InChI=1S/C22H22ClN3O2S/c1-14-5-6-15(12-24-14)21(27)20-19(11-17(23)13-25-20)26-29(28)18-9-7-16(8-10-18)22(2,3)4/h5-13,26H,1-4H3. The van der Waals surface area contributed by atoms with E-state index < -0.39 is 11.0 Å². The Kier molecular flexibility index (Phi) is 6.15. The van der Waals surface area contributed by atoms with Crippen molar-refractivity contribution in [1.29, 1.82) is 0 Å². The van der Waals surface area contributed by atoms with E-state index in [-0.39, 0.29) is 16.9 Å². The first-order chi connectivity index (χ1) is 13.6. The monoisotopic (exact) mass is 427 g/mol. The molecule has 2 heterocycles. The van der Waals surface area contributed by atoms with Crippen LogP contribution in [0.5, 0.6) is 0 Å². The molecule has 0 spiro atoms. The van der Waals surface area contributed by atoms with Gasteiger partial charge in [-0.3, -0.25) is 14.5 Å². The van der Waals surface area contributed by atoms with Crippen molar-refractivity contribution >= 4 is 34.1 Å². The summed E-state index contributed by atoms with van der Waals surface area (Å²) < 4.78 is 15.7. The molecular formula is C22H22ClN3O2S. The number of rotatable bonds is 5. The molecule has 0 aliphatic rings. The molecule has 1 N–H and O–H groups in total. The van der Waals surface area contributed by atoms with Gasteiger partial charge in [-0.05, 0) is 48.2 Å². The predicted octanol–water partition coefficient (Wildman–Crippen LogP) is 5.10. The van der Waals surface area contributed by atoms with Crippen molar-refractivity contribution in [3.8, 4) is 0 Å². The molecule has 0 saturated heterocycles. The van der Waals surface area contributed by atoms with E-state index in [9.17, 15) is 9.00 Å². The van der Waals surface area contributed by atoms with Gasteiger partial charge in [0.2, 0.25) is 5.78 Å². The number of nitrogens with zero attached hydrogens (tertiary/aromatic N) is 2. The van der Waals surface area contributed by atoms with Crippen molar-refractivity contribution in [2.75, 3.05) is 4.72 Å². The number of hydrogen-bond acceptors (Lipinski definition) is 4. The molecule has 29 heavy (non-hydrogen) atoms. The smallest absolute Gasteiger partial charge is 0.215 e. The van der Waals surface area contributed by atoms with Gasteiger partial charge < -0.3 is 0 Å². The summed E-state index contributed by atoms with van der Waals surface area (Å²) in [5, 5.41) is 0.339. The van der Waals surface area contributed by atoms with Crippen molar-refractivity contribution < 1.29 is 9.00 Å². The number of carbonyl (C=O) groups is 1. The van der Waals surface area contributed by atoms with E-state index >= 15 is 0 Å². The van der Waals surface area contributed by atoms with Crippen molar-refractivity contribution in [1.82, 2.24) is 9.97 Å². The molecule has 1 aromatic carbocycles. The molecule has 7 heteroatoms. The second kappa shape index (κ2) is 8.43. The molecule has 1 unspecified atom stereocenters. The Morgan fingerprint density at radius 2 is 1.72 bits per heavy atom. The predicted molar refractivity (Wildman–Crippen MR) is 117 cm³/mol. The van der Waals surface area contributed by atoms with Gasteiger partial charge in [0.05, 0.1) is 15.6 Å². The minimum absolute atomic E-state index is 0.00594. The van der Waals surface area contributed by atoms with E-state index in [2.05, 4.69) is 35.5 Å². The van der Waals surface area contributed by atoms with Crippen LogP contribution in [0, 0.1) is 6.92 Å². The SMILES string of the molecule is Cc1ccc(C(=O)c2ncc(Cl)cc2NS(=O)c2ccc(C(C)(C)C)cc2)cn1. The van der Waals surface area contributed by atoms with Crippen LogP contribution < -0.4 is 4.72 Å². The molecule has 1 atom stereocenters. The molecule has 0 saturated carbocycles. The number of carbonyl (C=O) groups excluding carboxylic acids is 1. The molecular weight excluding hydrogens is 406 g/mol. The Hall–Kier alpha value is -2.57. The number of anilines is 1. The van der Waals surface area contributed by atoms with Gasteiger partial charge in [-0.1, -0.05) is 44.5 Å². The Bertz CT molecular complexity index is 1060. The molecule has 0 aliphatic heterocycles. The van der Waals surface area contributed by atoms with Gasteiger partial charge >= 0.3 is 0 Å². The number of hydrogen-bond donors (Lipinski definition) is 1. The van der Waals surface area contributed by atoms with Gasteiger partial charge in [-0.25, -0.2) is 9.19 Å². The highest BCUT2D eigenvalue weighted by atomic mass is 35.5. The molecule has 3 rings (SSSR count). The number of benzene rings is 1. The van der Waals surface area contributed by atoms with Crippen LogP contribution in [0.2, 0.25) is 5.02 Å². The van der Waals surface area contributed by atoms with Gasteiger partial charge in [0.25, 0.3) is 0 Å². The average Bonchev–Trinajstić information content (AvgIpc) is 2.67. The maximum Gasteiger partial charge on any atom is 0.215 e. The number of aryl methyl sites for hydroxylation is 1. The third-order valence-electron chi connectivity index (χ3n) is 4.38. The maximum atomic E-state index is 12.9. The fourth-order valence-electron chi connectivity index (χ4n) is 2.67. The minimum atomic E-state index is -1.58. The fraction of sp³-hybridized carbons (Fsp3) is 0.227. The summed E-state index contributed by atoms with van der Waals surface area (Å²) in [7, 11) is -1.58. The average molecular weight is 428 g/mol. The van der Waals surface area contributed by atoms with Crippen LogP contribution in [-0.4, -0.2) is 20.0 Å². The van der Waals surface area contributed by atoms with Crippen LogP contribution >= 0.6 is 11.6 Å². The molecule has 0 aliphatic carbocycles.